The Morgan fingerprint density at radius 3 is 2.62 bits per heavy atom. The van der Waals surface area contributed by atoms with Crippen molar-refractivity contribution < 1.29 is 14.6 Å². The van der Waals surface area contributed by atoms with Crippen LogP contribution in [-0.4, -0.2) is 40.7 Å². The number of anilines is 1. The Morgan fingerprint density at radius 2 is 1.91 bits per heavy atom. The lowest BCUT2D eigenvalue weighted by molar-refractivity contribution is 0.0694. The molecule has 0 amide bonds. The van der Waals surface area contributed by atoms with Crippen LogP contribution in [0.4, 0.5) is 5.95 Å². The number of carbonyl (C=O) groups is 1. The van der Waals surface area contributed by atoms with Crippen LogP contribution in [-0.2, 0) is 12.8 Å². The first-order chi connectivity index (χ1) is 16.5. The fraction of sp³-hybridized carbons (Fsp3) is 0.346. The van der Waals surface area contributed by atoms with Gasteiger partial charge in [0.1, 0.15) is 5.75 Å². The Labute approximate surface area is 208 Å². The number of benzene rings is 2. The average Bonchev–Trinajstić information content (AvgIpc) is 3.34. The molecule has 1 fully saturated rings. The van der Waals surface area contributed by atoms with Crippen LogP contribution in [0.1, 0.15) is 52.5 Å². The molecule has 0 aliphatic carbocycles. The van der Waals surface area contributed by atoms with Crippen molar-refractivity contribution in [1.29, 1.82) is 0 Å². The number of aromatic carboxylic acids is 1. The molecule has 3 N–H and O–H groups in total. The van der Waals surface area contributed by atoms with Gasteiger partial charge in [0.2, 0.25) is 5.95 Å². The van der Waals surface area contributed by atoms with Gasteiger partial charge in [0.05, 0.1) is 23.9 Å². The number of carboxylic acid groups (broad SMARTS) is 1. The summed E-state index contributed by atoms with van der Waals surface area (Å²) in [7, 11) is 0. The summed E-state index contributed by atoms with van der Waals surface area (Å²) in [6.07, 6.45) is 5.51. The summed E-state index contributed by atoms with van der Waals surface area (Å²) in [5.41, 5.74) is 8.52. The lowest BCUT2D eigenvalue weighted by atomic mass is 10.0. The number of rotatable bonds is 10. The van der Waals surface area contributed by atoms with Crippen molar-refractivity contribution in [3.63, 3.8) is 0 Å². The van der Waals surface area contributed by atoms with Crippen LogP contribution in [0, 0.1) is 0 Å². The molecule has 0 saturated carbocycles. The molecule has 1 aromatic heterocycles. The molecule has 4 rings (SSSR count). The number of aryl methyl sites for hydroxylation is 2. The van der Waals surface area contributed by atoms with Crippen LogP contribution < -0.4 is 15.4 Å². The van der Waals surface area contributed by atoms with E-state index < -0.39 is 5.97 Å². The van der Waals surface area contributed by atoms with Gasteiger partial charge in [-0.3, -0.25) is 0 Å². The van der Waals surface area contributed by atoms with Gasteiger partial charge in [0.25, 0.3) is 0 Å². The van der Waals surface area contributed by atoms with E-state index in [2.05, 4.69) is 37.9 Å². The number of carboxylic acids is 1. The van der Waals surface area contributed by atoms with Crippen LogP contribution >= 0.6 is 15.9 Å². The van der Waals surface area contributed by atoms with E-state index in [9.17, 15) is 9.90 Å². The van der Waals surface area contributed by atoms with Gasteiger partial charge in [-0.25, -0.2) is 14.8 Å². The van der Waals surface area contributed by atoms with E-state index >= 15 is 0 Å². The lowest BCUT2D eigenvalue weighted by Crippen LogP contribution is -2.25. The molecule has 178 valence electrons. The van der Waals surface area contributed by atoms with E-state index in [1.165, 1.54) is 11.8 Å². The van der Waals surface area contributed by atoms with Crippen LogP contribution in [0.2, 0.25) is 0 Å². The van der Waals surface area contributed by atoms with E-state index in [1.807, 2.05) is 36.4 Å². The summed E-state index contributed by atoms with van der Waals surface area (Å²) >= 11 is 3.49. The van der Waals surface area contributed by atoms with Crippen LogP contribution in [0.15, 0.2) is 59.2 Å². The molecule has 2 aromatic carbocycles. The highest BCUT2D eigenvalue weighted by molar-refractivity contribution is 9.10. The Kier molecular flexibility index (Phi) is 8.13. The summed E-state index contributed by atoms with van der Waals surface area (Å²) in [4.78, 5) is 23.2. The molecule has 8 heteroatoms. The molecular weight excluding hydrogens is 496 g/mol. The molecule has 3 aromatic rings. The maximum absolute atomic E-state index is 11.8. The minimum atomic E-state index is -1.00. The highest BCUT2D eigenvalue weighted by atomic mass is 79.9. The van der Waals surface area contributed by atoms with Gasteiger partial charge in [-0.1, -0.05) is 40.2 Å². The van der Waals surface area contributed by atoms with E-state index in [-0.39, 0.29) is 11.6 Å². The van der Waals surface area contributed by atoms with Crippen LogP contribution in [0.5, 0.6) is 5.75 Å². The summed E-state index contributed by atoms with van der Waals surface area (Å²) in [6.45, 7) is 2.05. The third-order valence-electron chi connectivity index (χ3n) is 6.04. The molecule has 34 heavy (non-hydrogen) atoms. The average molecular weight is 525 g/mol. The van der Waals surface area contributed by atoms with E-state index in [0.29, 0.717) is 37.6 Å². The van der Waals surface area contributed by atoms with Gasteiger partial charge in [0, 0.05) is 17.2 Å². The van der Waals surface area contributed by atoms with Gasteiger partial charge >= 0.3 is 5.97 Å². The molecule has 1 atom stereocenters. The lowest BCUT2D eigenvalue weighted by Gasteiger charge is -2.25. The van der Waals surface area contributed by atoms with Crippen LogP contribution in [0.25, 0.3) is 0 Å². The predicted octanol–water partition coefficient (Wildman–Crippen LogP) is 4.79. The number of nitrogens with two attached hydrogens (primary N) is 1. The number of hydrogen-bond acceptors (Lipinski definition) is 6. The van der Waals surface area contributed by atoms with Crippen molar-refractivity contribution >= 4 is 27.8 Å². The standard InChI is InChI=1S/C26H29BrN4O3/c27-20-9-7-19(8-10-20)24-3-1-15-31(24)26-29-17-22(25(32)33)23(30-26)13-6-18-4-11-21(12-5-18)34-16-2-14-28/h4-5,7-12,17,24H,1-3,6,13-16,28H2,(H,32,33)/t24-/m0/s1. The first-order valence-corrected chi connectivity index (χ1v) is 12.4. The number of ether oxygens (including phenoxy) is 1. The second-order valence-electron chi connectivity index (χ2n) is 8.37. The molecule has 0 radical (unpaired) electrons. The minimum absolute atomic E-state index is 0.157. The molecule has 0 bridgehead atoms. The van der Waals surface area contributed by atoms with Gasteiger partial charge < -0.3 is 20.5 Å². The first kappa shape index (κ1) is 24.2. The van der Waals surface area contributed by atoms with Gasteiger partial charge in [-0.05, 0) is 74.0 Å². The van der Waals surface area contributed by atoms with Crippen molar-refractivity contribution in [3.05, 3.63) is 81.6 Å². The number of hydrogen-bond donors (Lipinski definition) is 2. The molecule has 1 saturated heterocycles. The number of aromatic nitrogens is 2. The molecule has 2 heterocycles. The first-order valence-electron chi connectivity index (χ1n) is 11.6. The number of halogens is 1. The van der Waals surface area contributed by atoms with E-state index in [4.69, 9.17) is 15.5 Å². The van der Waals surface area contributed by atoms with Gasteiger partial charge in [0.15, 0.2) is 0 Å². The molecular formula is C26H29BrN4O3. The second-order valence-corrected chi connectivity index (χ2v) is 9.29. The van der Waals surface area contributed by atoms with Gasteiger partial charge in [-0.2, -0.15) is 0 Å². The van der Waals surface area contributed by atoms with E-state index in [0.717, 1.165) is 41.6 Å². The largest absolute Gasteiger partial charge is 0.494 e. The van der Waals surface area contributed by atoms with Crippen molar-refractivity contribution in [1.82, 2.24) is 9.97 Å². The zero-order valence-electron chi connectivity index (χ0n) is 19.0. The van der Waals surface area contributed by atoms with Crippen molar-refractivity contribution in [2.24, 2.45) is 5.73 Å². The molecule has 7 nitrogen and oxygen atoms in total. The summed E-state index contributed by atoms with van der Waals surface area (Å²) in [5.74, 6) is 0.394. The minimum Gasteiger partial charge on any atom is -0.494 e. The maximum Gasteiger partial charge on any atom is 0.339 e. The zero-order valence-corrected chi connectivity index (χ0v) is 20.6. The fourth-order valence-corrected chi connectivity index (χ4v) is 4.50. The summed E-state index contributed by atoms with van der Waals surface area (Å²) in [6, 6.07) is 16.4. The van der Waals surface area contributed by atoms with E-state index in [1.54, 1.807) is 0 Å². The topological polar surface area (TPSA) is 102 Å². The quantitative estimate of drug-likeness (QED) is 0.367. The summed E-state index contributed by atoms with van der Waals surface area (Å²) in [5, 5.41) is 9.69. The van der Waals surface area contributed by atoms with Crippen molar-refractivity contribution in [3.8, 4) is 5.75 Å². The third-order valence-corrected chi connectivity index (χ3v) is 6.57. The normalized spacial score (nSPS) is 15.5. The highest BCUT2D eigenvalue weighted by Gasteiger charge is 2.29. The second kappa shape index (κ2) is 11.4. The fourth-order valence-electron chi connectivity index (χ4n) is 4.24. The Hall–Kier alpha value is -2.97. The van der Waals surface area contributed by atoms with Gasteiger partial charge in [-0.15, -0.1) is 0 Å². The molecule has 0 spiro atoms. The Bertz CT molecular complexity index is 1110. The monoisotopic (exact) mass is 524 g/mol. The molecule has 1 aliphatic heterocycles. The van der Waals surface area contributed by atoms with Crippen molar-refractivity contribution in [2.45, 2.75) is 38.1 Å². The molecule has 1 aliphatic rings. The zero-order chi connectivity index (χ0) is 23.9. The van der Waals surface area contributed by atoms with Crippen molar-refractivity contribution in [2.75, 3.05) is 24.6 Å². The maximum atomic E-state index is 11.8. The highest BCUT2D eigenvalue weighted by Crippen LogP contribution is 2.35. The SMILES string of the molecule is NCCCOc1ccc(CCc2nc(N3CCC[C@H]3c3ccc(Br)cc3)ncc2C(=O)O)cc1. The Morgan fingerprint density at radius 1 is 1.15 bits per heavy atom. The molecule has 0 unspecified atom stereocenters. The number of nitrogens with zero attached hydrogens (tertiary/aromatic N) is 3. The van der Waals surface area contributed by atoms with Crippen LogP contribution in [0.3, 0.4) is 0 Å². The Balaban J connectivity index is 1.50. The third kappa shape index (κ3) is 5.93. The summed E-state index contributed by atoms with van der Waals surface area (Å²) < 4.78 is 6.70. The predicted molar refractivity (Wildman–Crippen MR) is 135 cm³/mol. The smallest absolute Gasteiger partial charge is 0.339 e.